The smallest absolute Gasteiger partial charge is 0.292 e. The van der Waals surface area contributed by atoms with E-state index >= 15 is 0 Å². The zero-order valence-electron chi connectivity index (χ0n) is 15.2. The molecule has 0 saturated heterocycles. The molecule has 1 aromatic carbocycles. The average Bonchev–Trinajstić information content (AvgIpc) is 2.64. The summed E-state index contributed by atoms with van der Waals surface area (Å²) < 4.78 is 1.08. The lowest BCUT2D eigenvalue weighted by atomic mass is 10.1. The normalized spacial score (nSPS) is 13.3. The number of benzene rings is 1. The van der Waals surface area contributed by atoms with Gasteiger partial charge in [0, 0.05) is 12.2 Å². The molecule has 2 amide bonds. The van der Waals surface area contributed by atoms with Crippen molar-refractivity contribution in [3.05, 3.63) is 58.5 Å². The van der Waals surface area contributed by atoms with Crippen LogP contribution in [-0.4, -0.2) is 33.9 Å². The highest BCUT2D eigenvalue weighted by atomic mass is 32.2. The summed E-state index contributed by atoms with van der Waals surface area (Å²) in [6.07, 6.45) is 3.09. The number of fused-ring (bicyclic) bond motifs is 1. The highest BCUT2D eigenvalue weighted by molar-refractivity contribution is 8.00. The summed E-state index contributed by atoms with van der Waals surface area (Å²) in [5.74, 6) is -0.274. The molecule has 2 aromatic rings. The van der Waals surface area contributed by atoms with E-state index in [0.717, 1.165) is 15.8 Å². The molecule has 0 fully saturated rings. The van der Waals surface area contributed by atoms with E-state index in [4.69, 9.17) is 0 Å². The Balaban J connectivity index is 1.87. The van der Waals surface area contributed by atoms with Crippen LogP contribution in [-0.2, 0) is 16.1 Å². The van der Waals surface area contributed by atoms with Crippen molar-refractivity contribution < 1.29 is 9.59 Å². The lowest BCUT2D eigenvalue weighted by molar-refractivity contribution is -0.117. The van der Waals surface area contributed by atoms with E-state index in [-0.39, 0.29) is 36.3 Å². The maximum absolute atomic E-state index is 12.8. The summed E-state index contributed by atoms with van der Waals surface area (Å²) in [6, 6.07) is 5.63. The van der Waals surface area contributed by atoms with Gasteiger partial charge in [-0.05, 0) is 31.0 Å². The van der Waals surface area contributed by atoms with Crippen molar-refractivity contribution in [2.75, 3.05) is 22.5 Å². The molecule has 0 unspecified atom stereocenters. The fourth-order valence-corrected chi connectivity index (χ4v) is 3.70. The highest BCUT2D eigenvalue weighted by Gasteiger charge is 2.28. The third-order valence-corrected chi connectivity index (χ3v) is 5.39. The SMILES string of the molecule is C=CCN1C(=O)CSc2cnn(CC(=O)Nc3cccc(C)c3C)c(=O)c21. The topological polar surface area (TPSA) is 84.3 Å². The molecule has 1 N–H and O–H groups in total. The first-order chi connectivity index (χ1) is 12.9. The summed E-state index contributed by atoms with van der Waals surface area (Å²) in [5, 5.41) is 6.90. The second-order valence-corrected chi connectivity index (χ2v) is 7.21. The first kappa shape index (κ1) is 18.9. The van der Waals surface area contributed by atoms with Gasteiger partial charge < -0.3 is 10.2 Å². The van der Waals surface area contributed by atoms with Crippen LogP contribution in [0.25, 0.3) is 0 Å². The Hall–Kier alpha value is -2.87. The van der Waals surface area contributed by atoms with Gasteiger partial charge in [0.05, 0.1) is 16.8 Å². The standard InChI is InChI=1S/C19H20N4O3S/c1-4-8-22-17(25)11-27-15-9-20-23(19(26)18(15)22)10-16(24)21-14-7-5-6-12(2)13(14)3/h4-7,9H,1,8,10-11H2,2-3H3,(H,21,24). The number of aromatic nitrogens is 2. The molecule has 0 saturated carbocycles. The lowest BCUT2D eigenvalue weighted by Gasteiger charge is -2.27. The van der Waals surface area contributed by atoms with E-state index in [2.05, 4.69) is 17.0 Å². The molecule has 1 aliphatic heterocycles. The van der Waals surface area contributed by atoms with Crippen molar-refractivity contribution in [3.8, 4) is 0 Å². The molecule has 2 heterocycles. The van der Waals surface area contributed by atoms with Crippen LogP contribution >= 0.6 is 11.8 Å². The third kappa shape index (κ3) is 3.80. The van der Waals surface area contributed by atoms with Crippen molar-refractivity contribution in [1.29, 1.82) is 0 Å². The van der Waals surface area contributed by atoms with Gasteiger partial charge in [0.2, 0.25) is 11.8 Å². The summed E-state index contributed by atoms with van der Waals surface area (Å²) in [5.41, 5.74) is 2.52. The number of rotatable bonds is 5. The van der Waals surface area contributed by atoms with Crippen LogP contribution in [0.3, 0.4) is 0 Å². The van der Waals surface area contributed by atoms with Crippen LogP contribution in [0.2, 0.25) is 0 Å². The van der Waals surface area contributed by atoms with Crippen LogP contribution < -0.4 is 15.8 Å². The van der Waals surface area contributed by atoms with Crippen LogP contribution in [0.15, 0.2) is 46.7 Å². The fourth-order valence-electron chi connectivity index (χ4n) is 2.81. The Morgan fingerprint density at radius 3 is 2.89 bits per heavy atom. The molecular weight excluding hydrogens is 364 g/mol. The maximum Gasteiger partial charge on any atom is 0.292 e. The van der Waals surface area contributed by atoms with Gasteiger partial charge in [0.15, 0.2) is 0 Å². The summed E-state index contributed by atoms with van der Waals surface area (Å²) in [7, 11) is 0. The highest BCUT2D eigenvalue weighted by Crippen LogP contribution is 2.31. The first-order valence-electron chi connectivity index (χ1n) is 8.42. The van der Waals surface area contributed by atoms with Gasteiger partial charge in [-0.1, -0.05) is 18.2 Å². The molecule has 1 aromatic heterocycles. The number of carbonyl (C=O) groups is 2. The van der Waals surface area contributed by atoms with Gasteiger partial charge in [-0.3, -0.25) is 14.4 Å². The molecule has 1 aliphatic rings. The average molecular weight is 384 g/mol. The number of carbonyl (C=O) groups excluding carboxylic acids is 2. The Morgan fingerprint density at radius 2 is 2.15 bits per heavy atom. The van der Waals surface area contributed by atoms with E-state index in [1.165, 1.54) is 22.9 Å². The second kappa shape index (κ2) is 7.79. The van der Waals surface area contributed by atoms with Crippen LogP contribution in [0.1, 0.15) is 11.1 Å². The quantitative estimate of drug-likeness (QED) is 0.799. The zero-order chi connectivity index (χ0) is 19.6. The minimum Gasteiger partial charge on any atom is -0.324 e. The Labute approximate surface area is 161 Å². The number of hydrogen-bond acceptors (Lipinski definition) is 5. The van der Waals surface area contributed by atoms with Gasteiger partial charge in [-0.15, -0.1) is 18.3 Å². The Bertz CT molecular complexity index is 983. The summed E-state index contributed by atoms with van der Waals surface area (Å²) in [6.45, 7) is 7.52. The van der Waals surface area contributed by atoms with Crippen molar-refractivity contribution in [3.63, 3.8) is 0 Å². The lowest BCUT2D eigenvalue weighted by Crippen LogP contribution is -2.42. The van der Waals surface area contributed by atoms with E-state index in [0.29, 0.717) is 10.6 Å². The molecule has 140 valence electrons. The first-order valence-corrected chi connectivity index (χ1v) is 9.41. The largest absolute Gasteiger partial charge is 0.324 e. The van der Waals surface area contributed by atoms with Crippen molar-refractivity contribution >= 4 is 35.0 Å². The molecule has 0 radical (unpaired) electrons. The number of aryl methyl sites for hydroxylation is 1. The number of thioether (sulfide) groups is 1. The number of amides is 2. The van der Waals surface area contributed by atoms with Crippen molar-refractivity contribution in [2.24, 2.45) is 0 Å². The molecule has 0 spiro atoms. The zero-order valence-corrected chi connectivity index (χ0v) is 16.0. The van der Waals surface area contributed by atoms with Gasteiger partial charge in [0.25, 0.3) is 5.56 Å². The monoisotopic (exact) mass is 384 g/mol. The third-order valence-electron chi connectivity index (χ3n) is 4.39. The molecule has 3 rings (SSSR count). The number of anilines is 2. The number of nitrogens with one attached hydrogen (secondary N) is 1. The van der Waals surface area contributed by atoms with Gasteiger partial charge in [0.1, 0.15) is 12.2 Å². The summed E-state index contributed by atoms with van der Waals surface area (Å²) >= 11 is 1.27. The van der Waals surface area contributed by atoms with Crippen LogP contribution in [0, 0.1) is 13.8 Å². The number of nitrogens with zero attached hydrogens (tertiary/aromatic N) is 3. The van der Waals surface area contributed by atoms with E-state index in [1.807, 2.05) is 32.0 Å². The fraction of sp³-hybridized carbons (Fsp3) is 0.263. The predicted molar refractivity (Wildman–Crippen MR) is 106 cm³/mol. The van der Waals surface area contributed by atoms with Gasteiger partial charge >= 0.3 is 0 Å². The molecule has 8 heteroatoms. The molecule has 7 nitrogen and oxygen atoms in total. The predicted octanol–water partition coefficient (Wildman–Crippen LogP) is 2.12. The molecule has 0 atom stereocenters. The molecular formula is C19H20N4O3S. The van der Waals surface area contributed by atoms with E-state index in [1.54, 1.807) is 6.08 Å². The summed E-state index contributed by atoms with van der Waals surface area (Å²) in [4.78, 5) is 39.4. The minimum atomic E-state index is -0.467. The molecule has 0 bridgehead atoms. The Kier molecular flexibility index (Phi) is 5.46. The van der Waals surface area contributed by atoms with E-state index in [9.17, 15) is 14.4 Å². The maximum atomic E-state index is 12.8. The number of hydrogen-bond donors (Lipinski definition) is 1. The minimum absolute atomic E-state index is 0.165. The van der Waals surface area contributed by atoms with E-state index < -0.39 is 5.56 Å². The van der Waals surface area contributed by atoms with Gasteiger partial charge in [-0.2, -0.15) is 5.10 Å². The van der Waals surface area contributed by atoms with Gasteiger partial charge in [-0.25, -0.2) is 4.68 Å². The van der Waals surface area contributed by atoms with Crippen LogP contribution in [0.5, 0.6) is 0 Å². The Morgan fingerprint density at radius 1 is 1.37 bits per heavy atom. The molecule has 0 aliphatic carbocycles. The van der Waals surface area contributed by atoms with Crippen LogP contribution in [0.4, 0.5) is 11.4 Å². The van der Waals surface area contributed by atoms with Crippen molar-refractivity contribution in [1.82, 2.24) is 9.78 Å². The second-order valence-electron chi connectivity index (χ2n) is 6.20. The van der Waals surface area contributed by atoms with Crippen molar-refractivity contribution in [2.45, 2.75) is 25.3 Å². The molecule has 27 heavy (non-hydrogen) atoms.